The Morgan fingerprint density at radius 1 is 1.14 bits per heavy atom. The molecule has 2 aromatic rings. The van der Waals surface area contributed by atoms with Crippen molar-refractivity contribution in [3.63, 3.8) is 0 Å². The van der Waals surface area contributed by atoms with Crippen molar-refractivity contribution in [2.75, 3.05) is 33.4 Å². The normalized spacial score (nSPS) is 15.4. The van der Waals surface area contributed by atoms with Crippen molar-refractivity contribution in [1.82, 2.24) is 9.62 Å². The summed E-state index contributed by atoms with van der Waals surface area (Å²) in [4.78, 5) is 15.0. The van der Waals surface area contributed by atoms with Gasteiger partial charge in [0.15, 0.2) is 0 Å². The van der Waals surface area contributed by atoms with Crippen LogP contribution in [0.2, 0.25) is 0 Å². The monoisotopic (exact) mass is 416 g/mol. The molecule has 156 valence electrons. The zero-order chi connectivity index (χ0) is 20.9. The molecule has 0 bridgehead atoms. The topological polar surface area (TPSA) is 75.7 Å². The molecule has 7 heteroatoms. The molecule has 2 aromatic carbocycles. The standard InChI is InChI=1S/C22H28N2O4S/c1-17-8-9-20(29(26,27)23-12-15-28-2)16-21(17)22(25)24-13-10-19(11-14-24)18-6-4-3-5-7-18/h3-9,16,19,23H,10-15H2,1-2H3. The summed E-state index contributed by atoms with van der Waals surface area (Å²) < 4.78 is 32.3. The van der Waals surface area contributed by atoms with Crippen LogP contribution in [0.25, 0.3) is 0 Å². The van der Waals surface area contributed by atoms with E-state index in [1.807, 2.05) is 30.0 Å². The minimum absolute atomic E-state index is 0.0988. The third-order valence-corrected chi connectivity index (χ3v) is 6.86. The molecule has 29 heavy (non-hydrogen) atoms. The van der Waals surface area contributed by atoms with Crippen molar-refractivity contribution in [1.29, 1.82) is 0 Å². The number of nitrogens with zero attached hydrogens (tertiary/aromatic N) is 1. The lowest BCUT2D eigenvalue weighted by atomic mass is 9.89. The Morgan fingerprint density at radius 3 is 2.48 bits per heavy atom. The number of nitrogens with one attached hydrogen (secondary N) is 1. The number of aryl methyl sites for hydroxylation is 1. The second-order valence-corrected chi connectivity index (χ2v) is 9.11. The first-order chi connectivity index (χ1) is 13.9. The summed E-state index contributed by atoms with van der Waals surface area (Å²) >= 11 is 0. The van der Waals surface area contributed by atoms with Gasteiger partial charge in [-0.25, -0.2) is 13.1 Å². The number of piperidine rings is 1. The average molecular weight is 417 g/mol. The number of carbonyl (C=O) groups excluding carboxylic acids is 1. The molecule has 1 amide bonds. The van der Waals surface area contributed by atoms with E-state index in [4.69, 9.17) is 4.74 Å². The fourth-order valence-corrected chi connectivity index (χ4v) is 4.71. The van der Waals surface area contributed by atoms with Crippen LogP contribution in [0.4, 0.5) is 0 Å². The van der Waals surface area contributed by atoms with Crippen LogP contribution in [-0.2, 0) is 14.8 Å². The van der Waals surface area contributed by atoms with E-state index in [9.17, 15) is 13.2 Å². The number of hydrogen-bond acceptors (Lipinski definition) is 4. The lowest BCUT2D eigenvalue weighted by Crippen LogP contribution is -2.38. The van der Waals surface area contributed by atoms with Gasteiger partial charge in [0.05, 0.1) is 11.5 Å². The summed E-state index contributed by atoms with van der Waals surface area (Å²) in [5.41, 5.74) is 2.53. The predicted octanol–water partition coefficient (Wildman–Crippen LogP) is 2.94. The van der Waals surface area contributed by atoms with E-state index >= 15 is 0 Å². The molecule has 0 unspecified atom stereocenters. The maximum Gasteiger partial charge on any atom is 0.254 e. The number of rotatable bonds is 7. The highest BCUT2D eigenvalue weighted by atomic mass is 32.2. The number of sulfonamides is 1. The van der Waals surface area contributed by atoms with Crippen molar-refractivity contribution >= 4 is 15.9 Å². The Labute approximate surface area is 172 Å². The van der Waals surface area contributed by atoms with Crippen molar-refractivity contribution < 1.29 is 17.9 Å². The van der Waals surface area contributed by atoms with Gasteiger partial charge < -0.3 is 9.64 Å². The lowest BCUT2D eigenvalue weighted by molar-refractivity contribution is 0.0712. The van der Waals surface area contributed by atoms with Gasteiger partial charge in [-0.2, -0.15) is 0 Å². The quantitative estimate of drug-likeness (QED) is 0.704. The first-order valence-electron chi connectivity index (χ1n) is 9.86. The largest absolute Gasteiger partial charge is 0.383 e. The fourth-order valence-electron chi connectivity index (χ4n) is 3.67. The minimum Gasteiger partial charge on any atom is -0.383 e. The molecule has 1 fully saturated rings. The Morgan fingerprint density at radius 2 is 1.83 bits per heavy atom. The number of hydrogen-bond donors (Lipinski definition) is 1. The zero-order valence-electron chi connectivity index (χ0n) is 16.9. The first-order valence-corrected chi connectivity index (χ1v) is 11.3. The average Bonchev–Trinajstić information content (AvgIpc) is 2.74. The molecule has 0 saturated carbocycles. The number of benzene rings is 2. The molecule has 1 saturated heterocycles. The number of amides is 1. The minimum atomic E-state index is -3.68. The van der Waals surface area contributed by atoms with Gasteiger partial charge in [0, 0.05) is 32.3 Å². The van der Waals surface area contributed by atoms with Gasteiger partial charge in [-0.1, -0.05) is 36.4 Å². The summed E-state index contributed by atoms with van der Waals surface area (Å²) in [6.45, 7) is 3.64. The van der Waals surface area contributed by atoms with Crippen LogP contribution in [0.3, 0.4) is 0 Å². The molecular formula is C22H28N2O4S. The third kappa shape index (κ3) is 5.23. The molecule has 3 rings (SSSR count). The first kappa shape index (κ1) is 21.5. The van der Waals surface area contributed by atoms with Crippen molar-refractivity contribution in [2.45, 2.75) is 30.6 Å². The SMILES string of the molecule is COCCNS(=O)(=O)c1ccc(C)c(C(=O)N2CCC(c3ccccc3)CC2)c1. The molecule has 0 aliphatic carbocycles. The fraction of sp³-hybridized carbons (Fsp3) is 0.409. The van der Waals surface area contributed by atoms with Gasteiger partial charge in [0.25, 0.3) is 5.91 Å². The van der Waals surface area contributed by atoms with Crippen LogP contribution in [0.1, 0.15) is 40.2 Å². The highest BCUT2D eigenvalue weighted by Crippen LogP contribution is 2.29. The van der Waals surface area contributed by atoms with Crippen LogP contribution in [-0.4, -0.2) is 52.6 Å². The van der Waals surface area contributed by atoms with Gasteiger partial charge in [0.2, 0.25) is 10.0 Å². The number of ether oxygens (including phenoxy) is 1. The Kier molecular flexibility index (Phi) is 7.05. The Bertz CT molecular complexity index is 937. The molecule has 1 aliphatic rings. The summed E-state index contributed by atoms with van der Waals surface area (Å²) in [6, 6.07) is 15.1. The van der Waals surface area contributed by atoms with E-state index in [0.29, 0.717) is 24.6 Å². The summed E-state index contributed by atoms with van der Waals surface area (Å²) in [5.74, 6) is 0.348. The highest BCUT2D eigenvalue weighted by Gasteiger charge is 2.26. The van der Waals surface area contributed by atoms with Gasteiger partial charge in [-0.05, 0) is 48.9 Å². The second kappa shape index (κ2) is 9.52. The molecule has 6 nitrogen and oxygen atoms in total. The Balaban J connectivity index is 1.71. The molecule has 1 heterocycles. The second-order valence-electron chi connectivity index (χ2n) is 7.34. The smallest absolute Gasteiger partial charge is 0.254 e. The molecular weight excluding hydrogens is 388 g/mol. The van der Waals surface area contributed by atoms with Crippen molar-refractivity contribution in [2.24, 2.45) is 0 Å². The number of carbonyl (C=O) groups is 1. The van der Waals surface area contributed by atoms with Crippen molar-refractivity contribution in [3.8, 4) is 0 Å². The highest BCUT2D eigenvalue weighted by molar-refractivity contribution is 7.89. The van der Waals surface area contributed by atoms with E-state index in [2.05, 4.69) is 16.9 Å². The molecule has 0 radical (unpaired) electrons. The van der Waals surface area contributed by atoms with E-state index in [-0.39, 0.29) is 24.0 Å². The number of likely N-dealkylation sites (tertiary alicyclic amines) is 1. The molecule has 0 aromatic heterocycles. The summed E-state index contributed by atoms with van der Waals surface area (Å²) in [7, 11) is -2.17. The predicted molar refractivity (Wildman–Crippen MR) is 113 cm³/mol. The van der Waals surface area contributed by atoms with E-state index < -0.39 is 10.0 Å². The van der Waals surface area contributed by atoms with Crippen LogP contribution < -0.4 is 4.72 Å². The van der Waals surface area contributed by atoms with E-state index in [1.165, 1.54) is 24.8 Å². The van der Waals surface area contributed by atoms with Gasteiger partial charge in [-0.3, -0.25) is 4.79 Å². The third-order valence-electron chi connectivity index (χ3n) is 5.40. The van der Waals surface area contributed by atoms with Gasteiger partial charge in [-0.15, -0.1) is 0 Å². The lowest BCUT2D eigenvalue weighted by Gasteiger charge is -2.32. The maximum absolute atomic E-state index is 13.1. The molecule has 1 N–H and O–H groups in total. The van der Waals surface area contributed by atoms with Crippen LogP contribution in [0.15, 0.2) is 53.4 Å². The zero-order valence-corrected chi connectivity index (χ0v) is 17.7. The van der Waals surface area contributed by atoms with E-state index in [1.54, 1.807) is 6.07 Å². The van der Waals surface area contributed by atoms with Crippen LogP contribution >= 0.6 is 0 Å². The molecule has 1 aliphatic heterocycles. The maximum atomic E-state index is 13.1. The number of methoxy groups -OCH3 is 1. The summed E-state index contributed by atoms with van der Waals surface area (Å²) in [6.07, 6.45) is 1.82. The van der Waals surface area contributed by atoms with E-state index in [0.717, 1.165) is 18.4 Å². The molecule has 0 atom stereocenters. The summed E-state index contributed by atoms with van der Waals surface area (Å²) in [5, 5.41) is 0. The van der Waals surface area contributed by atoms with Crippen LogP contribution in [0.5, 0.6) is 0 Å². The van der Waals surface area contributed by atoms with Gasteiger partial charge >= 0.3 is 0 Å². The van der Waals surface area contributed by atoms with Crippen molar-refractivity contribution in [3.05, 3.63) is 65.2 Å². The Hall–Kier alpha value is -2.22. The molecule has 0 spiro atoms. The van der Waals surface area contributed by atoms with Crippen LogP contribution in [0, 0.1) is 6.92 Å². The van der Waals surface area contributed by atoms with Gasteiger partial charge in [0.1, 0.15) is 0 Å².